The number of rotatable bonds is 7. The van der Waals surface area contributed by atoms with Gasteiger partial charge in [-0.25, -0.2) is 0 Å². The second-order valence-electron chi connectivity index (χ2n) is 7.59. The highest BCUT2D eigenvalue weighted by Crippen LogP contribution is 2.37. The quantitative estimate of drug-likeness (QED) is 0.716. The Balaban J connectivity index is 1.41. The summed E-state index contributed by atoms with van der Waals surface area (Å²) in [5.74, 6) is 2.07. The molecular weight excluding hydrogens is 376 g/mol. The number of carbonyl (C=O) groups excluding carboxylic acids is 1. The lowest BCUT2D eigenvalue weighted by molar-refractivity contribution is -0.119. The summed E-state index contributed by atoms with van der Waals surface area (Å²) in [6, 6.07) is 6.35. The van der Waals surface area contributed by atoms with Gasteiger partial charge in [-0.2, -0.15) is 0 Å². The maximum Gasteiger partial charge on any atom is 0.230 e. The van der Waals surface area contributed by atoms with E-state index in [1.54, 1.807) is 6.33 Å². The number of fused-ring (bicyclic) bond motifs is 1. The van der Waals surface area contributed by atoms with Gasteiger partial charge in [0, 0.05) is 12.5 Å². The second-order valence-corrected chi connectivity index (χ2v) is 8.53. The van der Waals surface area contributed by atoms with E-state index in [0.29, 0.717) is 25.0 Å². The van der Waals surface area contributed by atoms with E-state index in [-0.39, 0.29) is 17.9 Å². The number of hydrogen-bond donors (Lipinski definition) is 1. The number of carbonyl (C=O) groups is 1. The van der Waals surface area contributed by atoms with Crippen molar-refractivity contribution in [3.63, 3.8) is 0 Å². The molecule has 2 aliphatic rings. The fourth-order valence-corrected chi connectivity index (χ4v) is 4.09. The van der Waals surface area contributed by atoms with Crippen molar-refractivity contribution in [1.82, 2.24) is 20.1 Å². The zero-order valence-electron chi connectivity index (χ0n) is 16.3. The molecule has 1 aromatic heterocycles. The standard InChI is InChI=1S/C20H26N4O3S/c1-13(2)19(14-4-7-16-17(10-14)27-9-3-8-26-16)22-18(25)11-28-20-23-21-12-24(20)15-5-6-15/h4,7,10,12-13,15,19H,3,5-6,8-9,11H2,1-2H3,(H,22,25)/t19-/m1/s1. The molecule has 1 atom stereocenters. The molecule has 1 fully saturated rings. The van der Waals surface area contributed by atoms with Crippen molar-refractivity contribution in [2.45, 2.75) is 50.4 Å². The zero-order valence-corrected chi connectivity index (χ0v) is 17.1. The molecule has 28 heavy (non-hydrogen) atoms. The van der Waals surface area contributed by atoms with Crippen LogP contribution in [0.1, 0.15) is 50.8 Å². The van der Waals surface area contributed by atoms with Gasteiger partial charge in [0.2, 0.25) is 5.91 Å². The zero-order chi connectivity index (χ0) is 19.5. The number of amides is 1. The minimum Gasteiger partial charge on any atom is -0.490 e. The Kier molecular flexibility index (Phi) is 5.75. The van der Waals surface area contributed by atoms with Crippen LogP contribution in [-0.4, -0.2) is 39.6 Å². The molecule has 0 unspecified atom stereocenters. The molecule has 2 heterocycles. The lowest BCUT2D eigenvalue weighted by atomic mass is 9.95. The third-order valence-electron chi connectivity index (χ3n) is 4.93. The maximum atomic E-state index is 12.6. The third-order valence-corrected chi connectivity index (χ3v) is 5.88. The van der Waals surface area contributed by atoms with Crippen LogP contribution in [0.2, 0.25) is 0 Å². The predicted octanol–water partition coefficient (Wildman–Crippen LogP) is 3.38. The van der Waals surface area contributed by atoms with Crippen molar-refractivity contribution < 1.29 is 14.3 Å². The first kappa shape index (κ1) is 19.1. The van der Waals surface area contributed by atoms with Gasteiger partial charge in [0.15, 0.2) is 16.7 Å². The Morgan fingerprint density at radius 1 is 1.29 bits per heavy atom. The van der Waals surface area contributed by atoms with E-state index in [1.807, 2.05) is 18.2 Å². The first-order chi connectivity index (χ1) is 13.6. The highest BCUT2D eigenvalue weighted by atomic mass is 32.2. The molecule has 0 radical (unpaired) electrons. The number of ether oxygens (including phenoxy) is 2. The number of nitrogens with one attached hydrogen (secondary N) is 1. The van der Waals surface area contributed by atoms with E-state index in [1.165, 1.54) is 11.8 Å². The molecule has 2 aromatic rings. The summed E-state index contributed by atoms with van der Waals surface area (Å²) < 4.78 is 13.6. The number of aromatic nitrogens is 3. The molecule has 1 N–H and O–H groups in total. The van der Waals surface area contributed by atoms with Gasteiger partial charge in [0.1, 0.15) is 6.33 Å². The molecule has 1 aliphatic heterocycles. The molecule has 1 aliphatic carbocycles. The first-order valence-electron chi connectivity index (χ1n) is 9.83. The molecule has 1 aromatic carbocycles. The van der Waals surface area contributed by atoms with Gasteiger partial charge in [-0.05, 0) is 36.5 Å². The number of thioether (sulfide) groups is 1. The minimum absolute atomic E-state index is 0.0128. The Bertz CT molecular complexity index is 835. The maximum absolute atomic E-state index is 12.6. The summed E-state index contributed by atoms with van der Waals surface area (Å²) in [5.41, 5.74) is 1.03. The van der Waals surface area contributed by atoms with Crippen LogP contribution < -0.4 is 14.8 Å². The molecule has 1 saturated carbocycles. The van der Waals surface area contributed by atoms with Crippen LogP contribution in [0.15, 0.2) is 29.7 Å². The van der Waals surface area contributed by atoms with E-state index in [2.05, 4.69) is 33.9 Å². The second kappa shape index (κ2) is 8.43. The van der Waals surface area contributed by atoms with Crippen LogP contribution in [0.4, 0.5) is 0 Å². The summed E-state index contributed by atoms with van der Waals surface area (Å²) in [7, 11) is 0. The monoisotopic (exact) mass is 402 g/mol. The van der Waals surface area contributed by atoms with Crippen LogP contribution in [0.5, 0.6) is 11.5 Å². The van der Waals surface area contributed by atoms with Crippen molar-refractivity contribution >= 4 is 17.7 Å². The number of hydrogen-bond acceptors (Lipinski definition) is 6. The molecule has 150 valence electrons. The molecule has 1 amide bonds. The van der Waals surface area contributed by atoms with Crippen LogP contribution >= 0.6 is 11.8 Å². The Hall–Kier alpha value is -2.22. The van der Waals surface area contributed by atoms with Crippen LogP contribution in [0, 0.1) is 5.92 Å². The van der Waals surface area contributed by atoms with Crippen LogP contribution in [0.25, 0.3) is 0 Å². The van der Waals surface area contributed by atoms with E-state index in [0.717, 1.165) is 41.5 Å². The molecular formula is C20H26N4O3S. The van der Waals surface area contributed by atoms with Gasteiger partial charge >= 0.3 is 0 Å². The SMILES string of the molecule is CC(C)[C@@H](NC(=O)CSc1nncn1C1CC1)c1ccc2c(c1)OCCCO2. The summed E-state index contributed by atoms with van der Waals surface area (Å²) in [5, 5.41) is 12.1. The highest BCUT2D eigenvalue weighted by Gasteiger charge is 2.27. The molecule has 4 rings (SSSR count). The van der Waals surface area contributed by atoms with Crippen molar-refractivity contribution in [3.05, 3.63) is 30.1 Å². The highest BCUT2D eigenvalue weighted by molar-refractivity contribution is 7.99. The summed E-state index contributed by atoms with van der Waals surface area (Å²) in [4.78, 5) is 12.6. The molecule has 0 saturated heterocycles. The van der Waals surface area contributed by atoms with Crippen molar-refractivity contribution in [1.29, 1.82) is 0 Å². The van der Waals surface area contributed by atoms with Gasteiger partial charge in [0.25, 0.3) is 0 Å². The fraction of sp³-hybridized carbons (Fsp3) is 0.550. The summed E-state index contributed by atoms with van der Waals surface area (Å²) in [6.07, 6.45) is 4.96. The molecule has 7 nitrogen and oxygen atoms in total. The van der Waals surface area contributed by atoms with E-state index < -0.39 is 0 Å². The van der Waals surface area contributed by atoms with Gasteiger partial charge < -0.3 is 19.4 Å². The van der Waals surface area contributed by atoms with Gasteiger partial charge in [-0.3, -0.25) is 4.79 Å². The number of benzene rings is 1. The Labute approximate surface area is 169 Å². The van der Waals surface area contributed by atoms with Gasteiger partial charge in [0.05, 0.1) is 25.0 Å². The minimum atomic E-state index is -0.0912. The van der Waals surface area contributed by atoms with Gasteiger partial charge in [-0.1, -0.05) is 31.7 Å². The predicted molar refractivity (Wildman–Crippen MR) is 107 cm³/mol. The Morgan fingerprint density at radius 2 is 2.07 bits per heavy atom. The molecule has 0 spiro atoms. The Morgan fingerprint density at radius 3 is 2.82 bits per heavy atom. The van der Waals surface area contributed by atoms with E-state index in [9.17, 15) is 4.79 Å². The number of nitrogens with zero attached hydrogens (tertiary/aromatic N) is 3. The summed E-state index contributed by atoms with van der Waals surface area (Å²) >= 11 is 1.44. The van der Waals surface area contributed by atoms with Crippen molar-refractivity contribution in [2.75, 3.05) is 19.0 Å². The smallest absolute Gasteiger partial charge is 0.230 e. The van der Waals surface area contributed by atoms with E-state index >= 15 is 0 Å². The molecule has 8 heteroatoms. The first-order valence-corrected chi connectivity index (χ1v) is 10.8. The summed E-state index contributed by atoms with van der Waals surface area (Å²) in [6.45, 7) is 5.52. The van der Waals surface area contributed by atoms with Gasteiger partial charge in [-0.15, -0.1) is 10.2 Å². The van der Waals surface area contributed by atoms with Crippen LogP contribution in [0.3, 0.4) is 0 Å². The topological polar surface area (TPSA) is 78.3 Å². The average Bonchev–Trinajstić information content (AvgIpc) is 3.46. The lowest BCUT2D eigenvalue weighted by Crippen LogP contribution is -2.33. The van der Waals surface area contributed by atoms with Crippen molar-refractivity contribution in [3.8, 4) is 11.5 Å². The molecule has 0 bridgehead atoms. The largest absolute Gasteiger partial charge is 0.490 e. The van der Waals surface area contributed by atoms with Crippen molar-refractivity contribution in [2.24, 2.45) is 5.92 Å². The normalized spacial score (nSPS) is 17.2. The fourth-order valence-electron chi connectivity index (χ4n) is 3.29. The van der Waals surface area contributed by atoms with E-state index in [4.69, 9.17) is 9.47 Å². The third kappa shape index (κ3) is 4.43. The van der Waals surface area contributed by atoms with Crippen LogP contribution in [-0.2, 0) is 4.79 Å². The lowest BCUT2D eigenvalue weighted by Gasteiger charge is -2.24. The average molecular weight is 403 g/mol.